The maximum atomic E-state index is 12.0. The third kappa shape index (κ3) is 6.92. The number of nitrogens with zero attached hydrogens (tertiary/aromatic N) is 1. The number of carbonyl (C=O) groups is 1. The van der Waals surface area contributed by atoms with Crippen LogP contribution in [0.5, 0.6) is 11.5 Å². The summed E-state index contributed by atoms with van der Waals surface area (Å²) in [5.41, 5.74) is 2.74. The van der Waals surface area contributed by atoms with Gasteiger partial charge in [0.15, 0.2) is 17.3 Å². The lowest BCUT2D eigenvalue weighted by Gasteiger charge is -2.11. The average Bonchev–Trinajstić information content (AvgIpc) is 2.75. The summed E-state index contributed by atoms with van der Waals surface area (Å²) in [7, 11) is 5.46. The molecule has 0 aliphatic heterocycles. The van der Waals surface area contributed by atoms with Crippen molar-refractivity contribution in [1.82, 2.24) is 0 Å². The summed E-state index contributed by atoms with van der Waals surface area (Å²) in [5, 5.41) is 10.0. The molecular formula is C25H25NO4. The summed E-state index contributed by atoms with van der Waals surface area (Å²) >= 11 is 0. The molecule has 2 aromatic carbocycles. The van der Waals surface area contributed by atoms with Crippen molar-refractivity contribution >= 4 is 23.6 Å². The first-order chi connectivity index (χ1) is 14.4. The van der Waals surface area contributed by atoms with E-state index in [4.69, 9.17) is 15.9 Å². The molecule has 0 amide bonds. The van der Waals surface area contributed by atoms with Gasteiger partial charge in [0, 0.05) is 25.9 Å². The predicted molar refractivity (Wildman–Crippen MR) is 122 cm³/mol. The first-order valence-electron chi connectivity index (χ1n) is 9.25. The Labute approximate surface area is 177 Å². The van der Waals surface area contributed by atoms with Gasteiger partial charge in [-0.1, -0.05) is 36.3 Å². The number of allylic oxidation sites excluding steroid dienone is 3. The summed E-state index contributed by atoms with van der Waals surface area (Å²) in [6.45, 7) is 0.143. The molecule has 0 heterocycles. The fraction of sp³-hybridized carbons (Fsp3) is 0.160. The minimum atomic E-state index is -0.315. The van der Waals surface area contributed by atoms with Crippen molar-refractivity contribution in [2.75, 3.05) is 32.7 Å². The van der Waals surface area contributed by atoms with Crippen molar-refractivity contribution in [3.8, 4) is 23.8 Å². The zero-order valence-corrected chi connectivity index (χ0v) is 17.3. The molecule has 0 atom stereocenters. The van der Waals surface area contributed by atoms with Gasteiger partial charge in [0.25, 0.3) is 0 Å². The van der Waals surface area contributed by atoms with E-state index in [1.165, 1.54) is 19.3 Å². The molecule has 154 valence electrons. The Hall–Kier alpha value is -3.91. The van der Waals surface area contributed by atoms with Crippen LogP contribution < -0.4 is 14.4 Å². The molecule has 0 spiro atoms. The van der Waals surface area contributed by atoms with E-state index in [1.807, 2.05) is 43.3 Å². The molecule has 5 nitrogen and oxygen atoms in total. The number of anilines is 1. The maximum absolute atomic E-state index is 12.0. The van der Waals surface area contributed by atoms with Gasteiger partial charge in [0.05, 0.1) is 7.11 Å². The standard InChI is InChI=1S/C25H25NO4/c1-5-16-30-24-15-10-20(17-25(24)29-4)9-14-23(28)18-22(27)13-8-19-6-11-21(12-7-19)26(2)3/h1,6-15,17-18,28H,16H2,2-4H3/b13-8+,14-9+,23-18-. The summed E-state index contributed by atoms with van der Waals surface area (Å²) in [6.07, 6.45) is 12.6. The Kier molecular flexibility index (Phi) is 8.34. The number of hydrogen-bond donors (Lipinski definition) is 1. The van der Waals surface area contributed by atoms with Gasteiger partial charge in [-0.05, 0) is 47.5 Å². The minimum absolute atomic E-state index is 0.143. The first-order valence-corrected chi connectivity index (χ1v) is 9.25. The molecule has 0 saturated carbocycles. The molecule has 0 saturated heterocycles. The van der Waals surface area contributed by atoms with Crippen LogP contribution in [0.15, 0.2) is 66.5 Å². The Morgan fingerprint density at radius 2 is 1.73 bits per heavy atom. The van der Waals surface area contributed by atoms with Crippen molar-refractivity contribution in [1.29, 1.82) is 0 Å². The molecular weight excluding hydrogens is 378 g/mol. The molecule has 0 bridgehead atoms. The van der Waals surface area contributed by atoms with Gasteiger partial charge in [-0.25, -0.2) is 0 Å². The van der Waals surface area contributed by atoms with Crippen molar-refractivity contribution in [2.24, 2.45) is 0 Å². The van der Waals surface area contributed by atoms with E-state index >= 15 is 0 Å². The molecule has 0 unspecified atom stereocenters. The molecule has 2 aromatic rings. The Morgan fingerprint density at radius 3 is 2.37 bits per heavy atom. The van der Waals surface area contributed by atoms with Gasteiger partial charge >= 0.3 is 0 Å². The number of carbonyl (C=O) groups excluding carboxylic acids is 1. The fourth-order valence-electron chi connectivity index (χ4n) is 2.51. The van der Waals surface area contributed by atoms with E-state index in [1.54, 1.807) is 30.4 Å². The molecule has 0 aromatic heterocycles. The predicted octanol–water partition coefficient (Wildman–Crippen LogP) is 4.51. The van der Waals surface area contributed by atoms with Crippen LogP contribution in [0.1, 0.15) is 11.1 Å². The molecule has 2 rings (SSSR count). The van der Waals surface area contributed by atoms with E-state index in [0.717, 1.165) is 22.9 Å². The normalized spacial score (nSPS) is 11.5. The summed E-state index contributed by atoms with van der Waals surface area (Å²) in [4.78, 5) is 14.0. The monoisotopic (exact) mass is 403 g/mol. The third-order valence-corrected chi connectivity index (χ3v) is 4.08. The number of ether oxygens (including phenoxy) is 2. The Bertz CT molecular complexity index is 993. The molecule has 0 aliphatic rings. The van der Waals surface area contributed by atoms with Crippen molar-refractivity contribution < 1.29 is 19.4 Å². The first kappa shape index (κ1) is 22.4. The number of ketones is 1. The summed E-state index contributed by atoms with van der Waals surface area (Å²) in [6, 6.07) is 13.0. The smallest absolute Gasteiger partial charge is 0.182 e. The van der Waals surface area contributed by atoms with Crippen molar-refractivity contribution in [2.45, 2.75) is 0 Å². The van der Waals surface area contributed by atoms with Crippen LogP contribution in [-0.2, 0) is 4.79 Å². The highest BCUT2D eigenvalue weighted by atomic mass is 16.5. The van der Waals surface area contributed by atoms with Crippen LogP contribution >= 0.6 is 0 Å². The number of hydrogen-bond acceptors (Lipinski definition) is 5. The summed E-state index contributed by atoms with van der Waals surface area (Å²) < 4.78 is 10.7. The largest absolute Gasteiger partial charge is 0.508 e. The van der Waals surface area contributed by atoms with Crippen LogP contribution in [0.2, 0.25) is 0 Å². The van der Waals surface area contributed by atoms with Crippen LogP contribution in [0.4, 0.5) is 5.69 Å². The third-order valence-electron chi connectivity index (χ3n) is 4.08. The minimum Gasteiger partial charge on any atom is -0.508 e. The van der Waals surface area contributed by atoms with Gasteiger partial charge < -0.3 is 19.5 Å². The van der Waals surface area contributed by atoms with Crippen molar-refractivity contribution in [3.05, 3.63) is 77.6 Å². The molecule has 30 heavy (non-hydrogen) atoms. The van der Waals surface area contributed by atoms with Crippen LogP contribution in [0, 0.1) is 12.3 Å². The quantitative estimate of drug-likeness (QED) is 0.289. The number of aliphatic hydroxyl groups is 1. The number of methoxy groups -OCH3 is 1. The average molecular weight is 403 g/mol. The van der Waals surface area contributed by atoms with E-state index in [0.29, 0.717) is 11.5 Å². The zero-order chi connectivity index (χ0) is 21.9. The number of aliphatic hydroxyl groups excluding tert-OH is 1. The van der Waals surface area contributed by atoms with E-state index in [9.17, 15) is 9.90 Å². The second-order valence-electron chi connectivity index (χ2n) is 6.53. The van der Waals surface area contributed by atoms with E-state index in [-0.39, 0.29) is 18.1 Å². The molecule has 5 heteroatoms. The fourth-order valence-corrected chi connectivity index (χ4v) is 2.51. The zero-order valence-electron chi connectivity index (χ0n) is 17.3. The van der Waals surface area contributed by atoms with Gasteiger partial charge in [0.1, 0.15) is 12.4 Å². The van der Waals surface area contributed by atoms with Gasteiger partial charge in [-0.2, -0.15) is 0 Å². The lowest BCUT2D eigenvalue weighted by atomic mass is 10.1. The molecule has 1 N–H and O–H groups in total. The highest BCUT2D eigenvalue weighted by molar-refractivity contribution is 6.02. The lowest BCUT2D eigenvalue weighted by molar-refractivity contribution is -0.110. The number of rotatable bonds is 9. The topological polar surface area (TPSA) is 59.0 Å². The van der Waals surface area contributed by atoms with E-state index < -0.39 is 0 Å². The molecule has 0 aliphatic carbocycles. The highest BCUT2D eigenvalue weighted by Gasteiger charge is 2.04. The van der Waals surface area contributed by atoms with Crippen LogP contribution in [0.25, 0.3) is 12.2 Å². The van der Waals surface area contributed by atoms with Gasteiger partial charge in [-0.3, -0.25) is 4.79 Å². The second kappa shape index (κ2) is 11.2. The maximum Gasteiger partial charge on any atom is 0.182 e. The van der Waals surface area contributed by atoms with E-state index in [2.05, 4.69) is 5.92 Å². The number of terminal acetylenes is 1. The number of benzene rings is 2. The Morgan fingerprint density at radius 1 is 1.07 bits per heavy atom. The highest BCUT2D eigenvalue weighted by Crippen LogP contribution is 2.28. The van der Waals surface area contributed by atoms with Gasteiger partial charge in [-0.15, -0.1) is 6.42 Å². The second-order valence-corrected chi connectivity index (χ2v) is 6.53. The Balaban J connectivity index is 2.02. The lowest BCUT2D eigenvalue weighted by Crippen LogP contribution is -2.07. The van der Waals surface area contributed by atoms with Crippen LogP contribution in [0.3, 0.4) is 0 Å². The molecule has 0 fully saturated rings. The molecule has 0 radical (unpaired) electrons. The van der Waals surface area contributed by atoms with Gasteiger partial charge in [0.2, 0.25) is 0 Å². The SMILES string of the molecule is C#CCOc1ccc(/C=C/C(O)=C/C(=O)/C=C/c2ccc(N(C)C)cc2)cc1OC. The van der Waals surface area contributed by atoms with Crippen molar-refractivity contribution in [3.63, 3.8) is 0 Å². The summed E-state index contributed by atoms with van der Waals surface area (Å²) in [5.74, 6) is 2.98. The van der Waals surface area contributed by atoms with Crippen LogP contribution in [-0.4, -0.2) is 38.7 Å².